The molecule has 0 aromatic heterocycles. The average Bonchev–Trinajstić information content (AvgIpc) is 3.01. The number of hydrogen-bond donors (Lipinski definition) is 1. The van der Waals surface area contributed by atoms with Gasteiger partial charge in [-0.2, -0.15) is 0 Å². The molecule has 0 bridgehead atoms. The van der Waals surface area contributed by atoms with E-state index in [4.69, 9.17) is 9.47 Å². The van der Waals surface area contributed by atoms with E-state index in [-0.39, 0.29) is 11.8 Å². The van der Waals surface area contributed by atoms with E-state index in [2.05, 4.69) is 44.5 Å². The minimum atomic E-state index is -3.31. The van der Waals surface area contributed by atoms with E-state index >= 15 is 0 Å². The van der Waals surface area contributed by atoms with Crippen molar-refractivity contribution in [2.45, 2.75) is 64.4 Å². The lowest BCUT2D eigenvalue weighted by Gasteiger charge is -2.14. The van der Waals surface area contributed by atoms with E-state index in [1.54, 1.807) is 25.3 Å². The predicted molar refractivity (Wildman–Crippen MR) is 147 cm³/mol. The summed E-state index contributed by atoms with van der Waals surface area (Å²) in [5, 5.41) is 3.34. The molecule has 0 aliphatic carbocycles. The maximum Gasteiger partial charge on any atom is 0.180 e. The van der Waals surface area contributed by atoms with Crippen molar-refractivity contribution in [3.8, 4) is 37.2 Å². The minimum Gasteiger partial charge on any atom is -0.493 e. The quantitative estimate of drug-likeness (QED) is 0.378. The zero-order valence-corrected chi connectivity index (χ0v) is 22.5. The highest BCUT2D eigenvalue weighted by Gasteiger charge is 2.28. The smallest absolute Gasteiger partial charge is 0.180 e. The van der Waals surface area contributed by atoms with E-state index in [1.165, 1.54) is 7.11 Å². The summed E-state index contributed by atoms with van der Waals surface area (Å²) in [6.45, 7) is 12.1. The van der Waals surface area contributed by atoms with Crippen LogP contribution in [0.3, 0.4) is 0 Å². The van der Waals surface area contributed by atoms with Gasteiger partial charge in [0.25, 0.3) is 0 Å². The molecule has 2 rings (SSSR count). The van der Waals surface area contributed by atoms with Crippen LogP contribution < -0.4 is 14.8 Å². The number of allylic oxidation sites excluding steroid dienone is 5. The first kappa shape index (κ1) is 35.7. The topological polar surface area (TPSA) is 64.6 Å². The van der Waals surface area contributed by atoms with Gasteiger partial charge < -0.3 is 14.8 Å². The van der Waals surface area contributed by atoms with Gasteiger partial charge >= 0.3 is 0 Å². The van der Waals surface area contributed by atoms with E-state index < -0.39 is 9.84 Å². The molecule has 190 valence electrons. The maximum atomic E-state index is 12.6. The fourth-order valence-electron chi connectivity index (χ4n) is 2.89. The molecule has 5 nitrogen and oxygen atoms in total. The molecule has 1 atom stereocenters. The number of nitrogens with one attached hydrogen (secondary N) is 1. The molecule has 0 radical (unpaired) electrons. The lowest BCUT2D eigenvalue weighted by atomic mass is 10.1. The Morgan fingerprint density at radius 3 is 2.09 bits per heavy atom. The van der Waals surface area contributed by atoms with Crippen molar-refractivity contribution in [3.63, 3.8) is 0 Å². The number of benzene rings is 1. The van der Waals surface area contributed by atoms with E-state index in [0.29, 0.717) is 22.9 Å². The van der Waals surface area contributed by atoms with Gasteiger partial charge in [-0.1, -0.05) is 70.6 Å². The molecule has 1 aromatic carbocycles. The van der Waals surface area contributed by atoms with Crippen LogP contribution in [0.1, 0.15) is 52.5 Å². The summed E-state index contributed by atoms with van der Waals surface area (Å²) in [7, 11) is -0.255. The van der Waals surface area contributed by atoms with Gasteiger partial charge in [-0.3, -0.25) is 0 Å². The van der Waals surface area contributed by atoms with Crippen LogP contribution in [0, 0.1) is 25.7 Å². The summed E-state index contributed by atoms with van der Waals surface area (Å²) in [6.07, 6.45) is 28.5. The van der Waals surface area contributed by atoms with Crippen LogP contribution in [-0.2, 0) is 16.4 Å². The molecule has 1 N–H and O–H groups in total. The molecule has 0 saturated heterocycles. The number of terminal acetylenes is 2. The molecule has 0 fully saturated rings. The summed E-state index contributed by atoms with van der Waals surface area (Å²) in [4.78, 5) is 0.353. The average molecular weight is 490 g/mol. The van der Waals surface area contributed by atoms with Crippen molar-refractivity contribution >= 4 is 9.84 Å². The van der Waals surface area contributed by atoms with Gasteiger partial charge in [-0.15, -0.1) is 25.7 Å². The van der Waals surface area contributed by atoms with Gasteiger partial charge in [0, 0.05) is 18.7 Å². The molecular formula is C28H43NO4S. The number of ether oxygens (including phenoxy) is 2. The lowest BCUT2D eigenvalue weighted by molar-refractivity contribution is 0.353. The van der Waals surface area contributed by atoms with E-state index in [0.717, 1.165) is 24.8 Å². The molecule has 0 spiro atoms. The van der Waals surface area contributed by atoms with Gasteiger partial charge in [0.05, 0.1) is 24.9 Å². The third-order valence-electron chi connectivity index (χ3n) is 4.36. The monoisotopic (exact) mass is 489 g/mol. The van der Waals surface area contributed by atoms with Crippen LogP contribution in [-0.4, -0.2) is 34.4 Å². The fourth-order valence-corrected chi connectivity index (χ4v) is 4.70. The zero-order chi connectivity index (χ0) is 27.0. The highest BCUT2D eigenvalue weighted by atomic mass is 32.2. The normalized spacial score (nSPS) is 15.2. The third-order valence-corrected chi connectivity index (χ3v) is 6.25. The summed E-state index contributed by atoms with van der Waals surface area (Å²) in [5.41, 5.74) is 0.742. The Bertz CT molecular complexity index is 859. The van der Waals surface area contributed by atoms with Crippen LogP contribution in [0.5, 0.6) is 11.5 Å². The van der Waals surface area contributed by atoms with Crippen molar-refractivity contribution in [2.75, 3.05) is 20.0 Å². The highest BCUT2D eigenvalue weighted by molar-refractivity contribution is 7.91. The summed E-state index contributed by atoms with van der Waals surface area (Å²) in [5.74, 6) is 1.14. The molecule has 6 heteroatoms. The van der Waals surface area contributed by atoms with Gasteiger partial charge in [-0.05, 0) is 25.0 Å². The second-order valence-corrected chi connectivity index (χ2v) is 8.47. The second kappa shape index (κ2) is 23.2. The fraction of sp³-hybridized carbons (Fsp3) is 0.429. The summed E-state index contributed by atoms with van der Waals surface area (Å²) >= 11 is 0. The van der Waals surface area contributed by atoms with Gasteiger partial charge in [0.2, 0.25) is 0 Å². The van der Waals surface area contributed by atoms with E-state index in [1.807, 2.05) is 45.1 Å². The Hall–Kier alpha value is -2.93. The maximum absolute atomic E-state index is 12.6. The first-order chi connectivity index (χ1) is 16.4. The molecule has 0 saturated carbocycles. The van der Waals surface area contributed by atoms with Crippen LogP contribution in [0.15, 0.2) is 54.0 Å². The number of rotatable bonds is 7. The van der Waals surface area contributed by atoms with Gasteiger partial charge in [0.1, 0.15) is 0 Å². The summed E-state index contributed by atoms with van der Waals surface area (Å²) in [6, 6.07) is 3.33. The predicted octanol–water partition coefficient (Wildman–Crippen LogP) is 5.97. The Balaban J connectivity index is -0.000000623. The molecule has 1 aromatic rings. The van der Waals surface area contributed by atoms with E-state index in [9.17, 15) is 8.42 Å². The Kier molecular flexibility index (Phi) is 24.4. The summed E-state index contributed by atoms with van der Waals surface area (Å²) < 4.78 is 35.7. The first-order valence-electron chi connectivity index (χ1n) is 11.2. The molecule has 0 amide bonds. The second-order valence-electron chi connectivity index (χ2n) is 6.46. The molecule has 1 aliphatic rings. The Labute approximate surface area is 209 Å². The minimum absolute atomic E-state index is 0.000611. The van der Waals surface area contributed by atoms with Gasteiger partial charge in [-0.25, -0.2) is 8.42 Å². The van der Waals surface area contributed by atoms with Crippen molar-refractivity contribution < 1.29 is 17.9 Å². The van der Waals surface area contributed by atoms with Crippen molar-refractivity contribution in [3.05, 3.63) is 54.7 Å². The molecule has 1 aliphatic heterocycles. The first-order valence-corrected chi connectivity index (χ1v) is 12.9. The van der Waals surface area contributed by atoms with Crippen LogP contribution >= 0.6 is 0 Å². The molecule has 1 heterocycles. The SMILES string of the molecule is C#C.C#C.C=C/C=C\C=C/C.CC.CCCC[C@@H]1CS(=O)(=O)c2cc(OC)c(OC)cc2CN1. The van der Waals surface area contributed by atoms with Crippen molar-refractivity contribution in [1.29, 1.82) is 0 Å². The number of hydrogen-bond acceptors (Lipinski definition) is 5. The molecule has 0 unspecified atom stereocenters. The zero-order valence-electron chi connectivity index (χ0n) is 21.7. The number of sulfone groups is 1. The third kappa shape index (κ3) is 13.6. The molecular weight excluding hydrogens is 446 g/mol. The standard InChI is InChI=1S/C15H23NO4S.C7H10.C2H6.2C2H2/c1-4-5-6-12-10-21(17,18)15-8-14(20-3)13(19-2)7-11(15)9-16-12;1-3-5-7-6-4-2;3*1-2/h7-8,12,16H,4-6,9-10H2,1-3H3;3-7H,1H2,2H3;1-2H3;2*1-2H/b;6-4-,7-5-;;;/t12-;;;;/m1..../s1. The Morgan fingerprint density at radius 1 is 1.06 bits per heavy atom. The highest BCUT2D eigenvalue weighted by Crippen LogP contribution is 2.34. The lowest BCUT2D eigenvalue weighted by Crippen LogP contribution is -2.32. The largest absolute Gasteiger partial charge is 0.493 e. The number of methoxy groups -OCH3 is 2. The Morgan fingerprint density at radius 2 is 1.62 bits per heavy atom. The van der Waals surface area contributed by atoms with Crippen LogP contribution in [0.4, 0.5) is 0 Å². The molecule has 34 heavy (non-hydrogen) atoms. The van der Waals surface area contributed by atoms with Crippen LogP contribution in [0.25, 0.3) is 0 Å². The van der Waals surface area contributed by atoms with Gasteiger partial charge in [0.15, 0.2) is 21.3 Å². The van der Waals surface area contributed by atoms with Crippen LogP contribution in [0.2, 0.25) is 0 Å². The number of unbranched alkanes of at least 4 members (excludes halogenated alkanes) is 1. The van der Waals surface area contributed by atoms with Crippen molar-refractivity contribution in [1.82, 2.24) is 5.32 Å². The van der Waals surface area contributed by atoms with Crippen molar-refractivity contribution in [2.24, 2.45) is 0 Å². The number of fused-ring (bicyclic) bond motifs is 1.